The summed E-state index contributed by atoms with van der Waals surface area (Å²) in [5, 5.41) is 9.15. The number of aryl methyl sites for hydroxylation is 1. The van der Waals surface area contributed by atoms with E-state index in [9.17, 15) is 21.6 Å². The number of nitrogens with zero attached hydrogens (tertiary/aromatic N) is 1. The van der Waals surface area contributed by atoms with Crippen LogP contribution in [0.4, 0.5) is 5.13 Å². The minimum atomic E-state index is -4.00. The van der Waals surface area contributed by atoms with Gasteiger partial charge in [0.15, 0.2) is 20.1 Å². The smallest absolute Gasteiger partial charge is 0.303 e. The standard InChI is InChI=1S/C9H14N2O6S3/c1-19(14,15)6-20(16,17)11-9-10-7(5-18-9)3-2-4-8(12)13/h5H,2-4,6H2,1H3,(H,10,11)(H,12,13). The Morgan fingerprint density at radius 3 is 2.60 bits per heavy atom. The van der Waals surface area contributed by atoms with Gasteiger partial charge in [-0.15, -0.1) is 11.3 Å². The lowest BCUT2D eigenvalue weighted by Gasteiger charge is -2.02. The van der Waals surface area contributed by atoms with Crippen molar-refractivity contribution in [2.75, 3.05) is 16.1 Å². The lowest BCUT2D eigenvalue weighted by atomic mass is 10.2. The van der Waals surface area contributed by atoms with Crippen molar-refractivity contribution in [1.29, 1.82) is 0 Å². The fourth-order valence-electron chi connectivity index (χ4n) is 1.33. The van der Waals surface area contributed by atoms with Gasteiger partial charge in [0.1, 0.15) is 0 Å². The van der Waals surface area contributed by atoms with Crippen molar-refractivity contribution >= 4 is 42.3 Å². The van der Waals surface area contributed by atoms with Crippen molar-refractivity contribution in [1.82, 2.24) is 4.98 Å². The molecule has 1 aromatic rings. The molecular formula is C9H14N2O6S3. The van der Waals surface area contributed by atoms with E-state index < -0.39 is 30.9 Å². The van der Waals surface area contributed by atoms with Crippen LogP contribution in [0.3, 0.4) is 0 Å². The van der Waals surface area contributed by atoms with Crippen LogP contribution in [0.25, 0.3) is 0 Å². The number of sulfonamides is 1. The Bertz CT molecular complexity index is 676. The lowest BCUT2D eigenvalue weighted by molar-refractivity contribution is -0.137. The molecule has 0 amide bonds. The normalized spacial score (nSPS) is 12.2. The highest BCUT2D eigenvalue weighted by molar-refractivity contribution is 8.08. The topological polar surface area (TPSA) is 130 Å². The number of carboxylic acids is 1. The molecule has 11 heteroatoms. The maximum atomic E-state index is 11.5. The van der Waals surface area contributed by atoms with Gasteiger partial charge >= 0.3 is 5.97 Å². The van der Waals surface area contributed by atoms with Crippen LogP contribution in [0.1, 0.15) is 18.5 Å². The SMILES string of the molecule is CS(=O)(=O)CS(=O)(=O)Nc1nc(CCCC(=O)O)cs1. The fourth-order valence-corrected chi connectivity index (χ4v) is 5.30. The highest BCUT2D eigenvalue weighted by Gasteiger charge is 2.19. The highest BCUT2D eigenvalue weighted by atomic mass is 32.3. The Kier molecular flexibility index (Phi) is 5.48. The third-order valence-corrected chi connectivity index (χ3v) is 6.38. The van der Waals surface area contributed by atoms with Crippen molar-refractivity contribution in [3.8, 4) is 0 Å². The summed E-state index contributed by atoms with van der Waals surface area (Å²) >= 11 is 1.02. The molecular weight excluding hydrogens is 328 g/mol. The fraction of sp³-hybridized carbons (Fsp3) is 0.556. The number of carbonyl (C=O) groups is 1. The van der Waals surface area contributed by atoms with Crippen LogP contribution < -0.4 is 4.72 Å². The zero-order valence-corrected chi connectivity index (χ0v) is 13.0. The summed E-state index contributed by atoms with van der Waals surface area (Å²) in [6.07, 6.45) is 1.64. The molecule has 114 valence electrons. The van der Waals surface area contributed by atoms with Gasteiger partial charge in [-0.2, -0.15) is 0 Å². The van der Waals surface area contributed by atoms with Gasteiger partial charge in [-0.25, -0.2) is 21.8 Å². The number of carboxylic acid groups (broad SMARTS) is 1. The van der Waals surface area contributed by atoms with Crippen LogP contribution in [0.15, 0.2) is 5.38 Å². The molecule has 0 spiro atoms. The van der Waals surface area contributed by atoms with Gasteiger partial charge in [0.2, 0.25) is 10.0 Å². The van der Waals surface area contributed by atoms with E-state index in [1.54, 1.807) is 5.38 Å². The van der Waals surface area contributed by atoms with E-state index in [0.717, 1.165) is 17.6 Å². The molecule has 20 heavy (non-hydrogen) atoms. The summed E-state index contributed by atoms with van der Waals surface area (Å²) in [7, 11) is -7.65. The second kappa shape index (κ2) is 6.50. The molecule has 0 aliphatic carbocycles. The summed E-state index contributed by atoms with van der Waals surface area (Å²) in [5.74, 6) is -0.908. The average Bonchev–Trinajstić information content (AvgIpc) is 2.60. The molecule has 1 rings (SSSR count). The molecule has 0 atom stereocenters. The van der Waals surface area contributed by atoms with Gasteiger partial charge in [0.25, 0.3) is 0 Å². The number of aliphatic carboxylic acids is 1. The van der Waals surface area contributed by atoms with Gasteiger partial charge in [0.05, 0.1) is 5.69 Å². The van der Waals surface area contributed by atoms with Gasteiger partial charge in [-0.3, -0.25) is 9.52 Å². The monoisotopic (exact) mass is 342 g/mol. The number of thiazole rings is 1. The number of nitrogens with one attached hydrogen (secondary N) is 1. The number of hydrogen-bond donors (Lipinski definition) is 2. The van der Waals surface area contributed by atoms with Crippen molar-refractivity contribution in [2.45, 2.75) is 19.3 Å². The first kappa shape index (κ1) is 16.9. The van der Waals surface area contributed by atoms with Crippen LogP contribution >= 0.6 is 11.3 Å². The molecule has 0 radical (unpaired) electrons. The largest absolute Gasteiger partial charge is 0.481 e. The molecule has 0 aromatic carbocycles. The molecule has 0 saturated heterocycles. The van der Waals surface area contributed by atoms with Crippen molar-refractivity contribution in [3.63, 3.8) is 0 Å². The Hall–Kier alpha value is -1.20. The Balaban J connectivity index is 2.62. The molecule has 0 fully saturated rings. The Morgan fingerprint density at radius 1 is 1.40 bits per heavy atom. The number of rotatable bonds is 8. The van der Waals surface area contributed by atoms with E-state index in [4.69, 9.17) is 5.11 Å². The molecule has 0 saturated carbocycles. The Labute approximate surface area is 120 Å². The van der Waals surface area contributed by atoms with E-state index in [2.05, 4.69) is 9.71 Å². The second-order valence-electron chi connectivity index (χ2n) is 4.15. The van der Waals surface area contributed by atoms with Gasteiger partial charge in [0, 0.05) is 18.1 Å². The summed E-state index contributed by atoms with van der Waals surface area (Å²) < 4.78 is 47.0. The van der Waals surface area contributed by atoms with Crippen LogP contribution in [-0.4, -0.2) is 44.2 Å². The molecule has 0 unspecified atom stereocenters. The van der Waals surface area contributed by atoms with E-state index >= 15 is 0 Å². The first-order valence-electron chi connectivity index (χ1n) is 5.42. The Morgan fingerprint density at radius 2 is 2.05 bits per heavy atom. The zero-order valence-electron chi connectivity index (χ0n) is 10.6. The van der Waals surface area contributed by atoms with E-state index in [1.165, 1.54) is 0 Å². The van der Waals surface area contributed by atoms with Crippen LogP contribution in [0.5, 0.6) is 0 Å². The third-order valence-electron chi connectivity index (χ3n) is 1.99. The molecule has 0 aliphatic heterocycles. The highest BCUT2D eigenvalue weighted by Crippen LogP contribution is 2.18. The number of anilines is 1. The predicted octanol–water partition coefficient (Wildman–Crippen LogP) is 0.294. The zero-order chi connectivity index (χ0) is 15.4. The van der Waals surface area contributed by atoms with Crippen molar-refractivity contribution < 1.29 is 26.7 Å². The van der Waals surface area contributed by atoms with Crippen molar-refractivity contribution in [2.24, 2.45) is 0 Å². The second-order valence-corrected chi connectivity index (χ2v) is 9.24. The quantitative estimate of drug-likeness (QED) is 0.694. The molecule has 1 aromatic heterocycles. The summed E-state index contributed by atoms with van der Waals surface area (Å²) in [6, 6.07) is 0. The summed E-state index contributed by atoms with van der Waals surface area (Å²) in [6.45, 7) is 0. The maximum absolute atomic E-state index is 11.5. The summed E-state index contributed by atoms with van der Waals surface area (Å²) in [4.78, 5) is 14.3. The van der Waals surface area contributed by atoms with Crippen LogP contribution in [0, 0.1) is 0 Å². The van der Waals surface area contributed by atoms with Gasteiger partial charge in [-0.1, -0.05) is 0 Å². The molecule has 8 nitrogen and oxygen atoms in total. The van der Waals surface area contributed by atoms with Crippen LogP contribution in [-0.2, 0) is 31.1 Å². The lowest BCUT2D eigenvalue weighted by Crippen LogP contribution is -2.22. The summed E-state index contributed by atoms with van der Waals surface area (Å²) in [5.41, 5.74) is 0.563. The maximum Gasteiger partial charge on any atom is 0.303 e. The van der Waals surface area contributed by atoms with E-state index in [-0.39, 0.29) is 11.6 Å². The van der Waals surface area contributed by atoms with Gasteiger partial charge < -0.3 is 5.11 Å². The van der Waals surface area contributed by atoms with Crippen LogP contribution in [0.2, 0.25) is 0 Å². The molecule has 0 aliphatic rings. The molecule has 1 heterocycles. The van der Waals surface area contributed by atoms with E-state index in [0.29, 0.717) is 18.5 Å². The predicted molar refractivity (Wildman–Crippen MR) is 74.9 cm³/mol. The van der Waals surface area contributed by atoms with Gasteiger partial charge in [-0.05, 0) is 12.8 Å². The third kappa shape index (κ3) is 6.82. The van der Waals surface area contributed by atoms with Crippen molar-refractivity contribution in [3.05, 3.63) is 11.1 Å². The number of sulfone groups is 1. The average molecular weight is 342 g/mol. The first-order valence-corrected chi connectivity index (χ1v) is 10.0. The number of aromatic nitrogens is 1. The number of hydrogen-bond acceptors (Lipinski definition) is 7. The molecule has 2 N–H and O–H groups in total. The van der Waals surface area contributed by atoms with E-state index in [1.807, 2.05) is 0 Å². The first-order chi connectivity index (χ1) is 9.07. The minimum absolute atomic E-state index is 0.00661. The molecule has 0 bridgehead atoms. The minimum Gasteiger partial charge on any atom is -0.481 e.